The van der Waals surface area contributed by atoms with Crippen molar-refractivity contribution < 1.29 is 23.8 Å². The van der Waals surface area contributed by atoms with Crippen LogP contribution in [0.15, 0.2) is 54.6 Å². The molecule has 0 radical (unpaired) electrons. The second-order valence-electron chi connectivity index (χ2n) is 6.97. The lowest BCUT2D eigenvalue weighted by molar-refractivity contribution is -0.118. The largest absolute Gasteiger partial charge is 0.489 e. The number of amides is 1. The first-order valence-electron chi connectivity index (χ1n) is 9.78. The summed E-state index contributed by atoms with van der Waals surface area (Å²) in [5, 5.41) is 2.97. The van der Waals surface area contributed by atoms with E-state index in [1.165, 1.54) is 0 Å². The summed E-state index contributed by atoms with van der Waals surface area (Å²) in [6.45, 7) is 5.53. The van der Waals surface area contributed by atoms with Crippen molar-refractivity contribution in [1.29, 1.82) is 0 Å². The van der Waals surface area contributed by atoms with Crippen LogP contribution in [-0.4, -0.2) is 29.6 Å². The van der Waals surface area contributed by atoms with Crippen molar-refractivity contribution in [3.05, 3.63) is 70.7 Å². The molecular weight excluding hydrogens is 416 g/mol. The van der Waals surface area contributed by atoms with Gasteiger partial charge in [0.1, 0.15) is 23.0 Å². The number of nitrogens with zero attached hydrogens (tertiary/aromatic N) is 1. The minimum absolute atomic E-state index is 0.186. The van der Waals surface area contributed by atoms with Gasteiger partial charge in [-0.25, -0.2) is 9.78 Å². The predicted molar refractivity (Wildman–Crippen MR) is 119 cm³/mol. The highest BCUT2D eigenvalue weighted by atomic mass is 32.1. The van der Waals surface area contributed by atoms with Crippen LogP contribution in [-0.2, 0) is 16.1 Å². The van der Waals surface area contributed by atoms with Gasteiger partial charge in [0.2, 0.25) is 0 Å². The van der Waals surface area contributed by atoms with Crippen molar-refractivity contribution in [2.24, 2.45) is 0 Å². The molecule has 0 bridgehead atoms. The van der Waals surface area contributed by atoms with E-state index in [-0.39, 0.29) is 18.6 Å². The molecule has 162 valence electrons. The number of carbonyl (C=O) groups is 2. The van der Waals surface area contributed by atoms with Gasteiger partial charge in [0, 0.05) is 0 Å². The number of esters is 1. The molecule has 0 spiro atoms. The van der Waals surface area contributed by atoms with E-state index in [4.69, 9.17) is 14.2 Å². The molecule has 3 rings (SSSR count). The Labute approximate surface area is 185 Å². The average molecular weight is 441 g/mol. The van der Waals surface area contributed by atoms with Crippen LogP contribution in [0.25, 0.3) is 0 Å². The summed E-state index contributed by atoms with van der Waals surface area (Å²) in [5.41, 5.74) is 1.59. The molecule has 0 atom stereocenters. The number of ether oxygens (including phenoxy) is 3. The van der Waals surface area contributed by atoms with Gasteiger partial charge >= 0.3 is 5.97 Å². The molecule has 3 aromatic rings. The third-order valence-electron chi connectivity index (χ3n) is 4.01. The summed E-state index contributed by atoms with van der Waals surface area (Å²) >= 11 is 1.08. The Hall–Kier alpha value is -3.39. The first kappa shape index (κ1) is 22.3. The van der Waals surface area contributed by atoms with Crippen molar-refractivity contribution >= 4 is 28.3 Å². The zero-order valence-electron chi connectivity index (χ0n) is 17.6. The lowest BCUT2D eigenvalue weighted by atomic mass is 10.2. The lowest BCUT2D eigenvalue weighted by Gasteiger charge is -2.08. The van der Waals surface area contributed by atoms with Gasteiger partial charge in [-0.3, -0.25) is 10.1 Å². The third kappa shape index (κ3) is 6.82. The van der Waals surface area contributed by atoms with Crippen molar-refractivity contribution in [3.8, 4) is 11.5 Å². The molecule has 2 aromatic carbocycles. The Morgan fingerprint density at radius 3 is 2.29 bits per heavy atom. The summed E-state index contributed by atoms with van der Waals surface area (Å²) in [6, 6.07) is 16.9. The van der Waals surface area contributed by atoms with Gasteiger partial charge in [-0.1, -0.05) is 41.7 Å². The zero-order valence-corrected chi connectivity index (χ0v) is 18.4. The molecule has 0 saturated heterocycles. The summed E-state index contributed by atoms with van der Waals surface area (Å²) in [6.07, 6.45) is -0.226. The topological polar surface area (TPSA) is 86.8 Å². The van der Waals surface area contributed by atoms with E-state index in [9.17, 15) is 9.59 Å². The number of aryl methyl sites for hydroxylation is 1. The number of hydrogen-bond donors (Lipinski definition) is 1. The third-order valence-corrected chi connectivity index (χ3v) is 5.07. The quantitative estimate of drug-likeness (QED) is 0.489. The number of nitrogens with one attached hydrogen (secondary N) is 1. The van der Waals surface area contributed by atoms with E-state index in [0.717, 1.165) is 16.9 Å². The first-order valence-corrected chi connectivity index (χ1v) is 10.6. The number of carbonyl (C=O) groups excluding carboxylic acids is 2. The maximum absolute atomic E-state index is 12.2. The van der Waals surface area contributed by atoms with Gasteiger partial charge in [0.25, 0.3) is 5.91 Å². The maximum Gasteiger partial charge on any atom is 0.350 e. The predicted octanol–water partition coefficient (Wildman–Crippen LogP) is 4.61. The molecule has 1 heterocycles. The maximum atomic E-state index is 12.2. The molecule has 8 heteroatoms. The molecule has 0 aliphatic carbocycles. The van der Waals surface area contributed by atoms with Crippen LogP contribution >= 0.6 is 11.3 Å². The minimum Gasteiger partial charge on any atom is -0.489 e. The SMILES string of the molecule is Cc1nc(NC(=O)COc2ccc(OCc3ccccc3)cc2)sc1C(=O)OC(C)C. The van der Waals surface area contributed by atoms with Gasteiger partial charge in [0.05, 0.1) is 11.8 Å². The standard InChI is InChI=1S/C23H24N2O5S/c1-15(2)30-22(27)21-16(3)24-23(31-21)25-20(26)14-29-19-11-9-18(10-12-19)28-13-17-7-5-4-6-8-17/h4-12,15H,13-14H2,1-3H3,(H,24,25,26). The molecule has 1 aromatic heterocycles. The number of benzene rings is 2. The Morgan fingerprint density at radius 2 is 1.65 bits per heavy atom. The van der Waals surface area contributed by atoms with Gasteiger partial charge in [-0.2, -0.15) is 0 Å². The van der Waals surface area contributed by atoms with Crippen LogP contribution in [0.1, 0.15) is 34.8 Å². The fourth-order valence-electron chi connectivity index (χ4n) is 2.58. The average Bonchev–Trinajstić information content (AvgIpc) is 3.12. The molecule has 0 fully saturated rings. The number of rotatable bonds is 9. The van der Waals surface area contributed by atoms with E-state index in [2.05, 4.69) is 10.3 Å². The Bertz CT molecular complexity index is 1020. The Kier molecular flexibility index (Phi) is 7.61. The van der Waals surface area contributed by atoms with Crippen LogP contribution in [0, 0.1) is 6.92 Å². The normalized spacial score (nSPS) is 10.6. The van der Waals surface area contributed by atoms with Crippen molar-refractivity contribution in [1.82, 2.24) is 4.98 Å². The molecular formula is C23H24N2O5S. The lowest BCUT2D eigenvalue weighted by Crippen LogP contribution is -2.20. The number of anilines is 1. The van der Waals surface area contributed by atoms with Crippen molar-refractivity contribution in [3.63, 3.8) is 0 Å². The van der Waals surface area contributed by atoms with Gasteiger partial charge in [-0.15, -0.1) is 0 Å². The first-order chi connectivity index (χ1) is 14.9. The Morgan fingerprint density at radius 1 is 1.00 bits per heavy atom. The van der Waals surface area contributed by atoms with Gasteiger partial charge < -0.3 is 14.2 Å². The van der Waals surface area contributed by atoms with Crippen LogP contribution in [0.3, 0.4) is 0 Å². The van der Waals surface area contributed by atoms with Crippen LogP contribution in [0.4, 0.5) is 5.13 Å². The highest BCUT2D eigenvalue weighted by Gasteiger charge is 2.19. The molecule has 1 amide bonds. The zero-order chi connectivity index (χ0) is 22.2. The molecule has 7 nitrogen and oxygen atoms in total. The molecule has 0 aliphatic heterocycles. The number of aromatic nitrogens is 1. The smallest absolute Gasteiger partial charge is 0.350 e. The van der Waals surface area contributed by atoms with Crippen LogP contribution < -0.4 is 14.8 Å². The summed E-state index contributed by atoms with van der Waals surface area (Å²) in [4.78, 5) is 28.8. The Balaban J connectivity index is 1.47. The molecule has 0 unspecified atom stereocenters. The number of hydrogen-bond acceptors (Lipinski definition) is 7. The van der Waals surface area contributed by atoms with E-state index >= 15 is 0 Å². The number of thiazole rings is 1. The molecule has 0 aliphatic rings. The van der Waals surface area contributed by atoms with E-state index in [0.29, 0.717) is 33.8 Å². The highest BCUT2D eigenvalue weighted by Crippen LogP contribution is 2.24. The highest BCUT2D eigenvalue weighted by molar-refractivity contribution is 7.17. The van der Waals surface area contributed by atoms with Gasteiger partial charge in [0.15, 0.2) is 11.7 Å². The fourth-order valence-corrected chi connectivity index (χ4v) is 3.45. The van der Waals surface area contributed by atoms with Crippen LogP contribution in [0.2, 0.25) is 0 Å². The summed E-state index contributed by atoms with van der Waals surface area (Å²) in [5.74, 6) is 0.428. The second kappa shape index (κ2) is 10.6. The van der Waals surface area contributed by atoms with Crippen LogP contribution in [0.5, 0.6) is 11.5 Å². The minimum atomic E-state index is -0.448. The molecule has 1 N–H and O–H groups in total. The monoisotopic (exact) mass is 440 g/mol. The van der Waals surface area contributed by atoms with E-state index in [1.54, 1.807) is 45.0 Å². The molecule has 31 heavy (non-hydrogen) atoms. The molecule has 0 saturated carbocycles. The summed E-state index contributed by atoms with van der Waals surface area (Å²) < 4.78 is 16.4. The van der Waals surface area contributed by atoms with Crippen molar-refractivity contribution in [2.45, 2.75) is 33.5 Å². The van der Waals surface area contributed by atoms with Crippen molar-refractivity contribution in [2.75, 3.05) is 11.9 Å². The fraction of sp³-hybridized carbons (Fsp3) is 0.261. The summed E-state index contributed by atoms with van der Waals surface area (Å²) in [7, 11) is 0. The van der Waals surface area contributed by atoms with Gasteiger partial charge in [-0.05, 0) is 50.6 Å². The van der Waals surface area contributed by atoms with E-state index < -0.39 is 5.97 Å². The second-order valence-corrected chi connectivity index (χ2v) is 7.97. The van der Waals surface area contributed by atoms with E-state index in [1.807, 2.05) is 30.3 Å².